The first-order valence-corrected chi connectivity index (χ1v) is 7.60. The van der Waals surface area contributed by atoms with E-state index in [-0.39, 0.29) is 5.92 Å². The summed E-state index contributed by atoms with van der Waals surface area (Å²) in [5, 5.41) is 13.2. The fourth-order valence-electron chi connectivity index (χ4n) is 3.19. The molecule has 0 saturated heterocycles. The number of oxime groups is 1. The average molecular weight is 279 g/mol. The average Bonchev–Trinajstić information content (AvgIpc) is 2.53. The Morgan fingerprint density at radius 3 is 2.52 bits per heavy atom. The van der Waals surface area contributed by atoms with Crippen molar-refractivity contribution in [2.45, 2.75) is 38.5 Å². The lowest BCUT2D eigenvalue weighted by Crippen LogP contribution is -2.22. The second-order valence-corrected chi connectivity index (χ2v) is 6.06. The molecule has 0 saturated carbocycles. The van der Waals surface area contributed by atoms with Crippen LogP contribution in [0.2, 0.25) is 0 Å². The number of aryl methyl sites for hydroxylation is 1. The van der Waals surface area contributed by atoms with Crippen LogP contribution in [0.25, 0.3) is 0 Å². The smallest absolute Gasteiger partial charge is 0.0945 e. The van der Waals surface area contributed by atoms with E-state index in [1.54, 1.807) is 0 Å². The van der Waals surface area contributed by atoms with Gasteiger partial charge in [0.15, 0.2) is 0 Å². The van der Waals surface area contributed by atoms with Gasteiger partial charge in [-0.15, -0.1) is 0 Å². The first-order chi connectivity index (χ1) is 10.2. The number of hydrogen-bond acceptors (Lipinski definition) is 2. The Morgan fingerprint density at radius 2 is 1.86 bits per heavy atom. The molecule has 2 aromatic carbocycles. The van der Waals surface area contributed by atoms with Crippen LogP contribution in [-0.2, 0) is 6.42 Å². The van der Waals surface area contributed by atoms with Crippen LogP contribution in [0.15, 0.2) is 53.7 Å². The highest BCUT2D eigenvalue weighted by molar-refractivity contribution is 6.06. The SMILES string of the molecule is CC(C)c1ccc2c(c1)CC[C@@H](c1ccccc1)/C2=N/O. The molecule has 1 aliphatic carbocycles. The van der Waals surface area contributed by atoms with E-state index in [2.05, 4.69) is 49.3 Å². The molecule has 0 amide bonds. The molecule has 0 bridgehead atoms. The molecule has 0 heterocycles. The van der Waals surface area contributed by atoms with Crippen LogP contribution in [-0.4, -0.2) is 10.9 Å². The summed E-state index contributed by atoms with van der Waals surface area (Å²) in [5.41, 5.74) is 5.79. The third kappa shape index (κ3) is 2.58. The van der Waals surface area contributed by atoms with E-state index < -0.39 is 0 Å². The molecule has 0 aliphatic heterocycles. The van der Waals surface area contributed by atoms with Crippen molar-refractivity contribution in [2.24, 2.45) is 5.16 Å². The maximum absolute atomic E-state index is 9.54. The van der Waals surface area contributed by atoms with Gasteiger partial charge >= 0.3 is 0 Å². The van der Waals surface area contributed by atoms with Crippen molar-refractivity contribution in [2.75, 3.05) is 0 Å². The molecule has 108 valence electrons. The third-order valence-electron chi connectivity index (χ3n) is 4.41. The van der Waals surface area contributed by atoms with Gasteiger partial charge in [0.2, 0.25) is 0 Å². The molecule has 3 rings (SSSR count). The minimum atomic E-state index is 0.189. The molecule has 1 atom stereocenters. The molecule has 1 N–H and O–H groups in total. The van der Waals surface area contributed by atoms with E-state index in [4.69, 9.17) is 0 Å². The van der Waals surface area contributed by atoms with Crippen molar-refractivity contribution in [1.82, 2.24) is 0 Å². The van der Waals surface area contributed by atoms with Crippen molar-refractivity contribution in [3.8, 4) is 0 Å². The number of nitrogens with zero attached hydrogens (tertiary/aromatic N) is 1. The highest BCUT2D eigenvalue weighted by Crippen LogP contribution is 2.34. The highest BCUT2D eigenvalue weighted by Gasteiger charge is 2.27. The number of rotatable bonds is 2. The molecule has 0 fully saturated rings. The van der Waals surface area contributed by atoms with E-state index in [9.17, 15) is 5.21 Å². The summed E-state index contributed by atoms with van der Waals surface area (Å²) < 4.78 is 0. The van der Waals surface area contributed by atoms with Gasteiger partial charge < -0.3 is 5.21 Å². The molecule has 0 unspecified atom stereocenters. The van der Waals surface area contributed by atoms with E-state index in [1.807, 2.05) is 18.2 Å². The van der Waals surface area contributed by atoms with Gasteiger partial charge in [-0.3, -0.25) is 0 Å². The molecule has 0 radical (unpaired) electrons. The zero-order valence-electron chi connectivity index (χ0n) is 12.6. The molecule has 0 aromatic heterocycles. The van der Waals surface area contributed by atoms with Crippen molar-refractivity contribution >= 4 is 5.71 Å². The molecule has 0 spiro atoms. The zero-order valence-corrected chi connectivity index (χ0v) is 12.6. The van der Waals surface area contributed by atoms with Gasteiger partial charge in [0, 0.05) is 11.5 Å². The van der Waals surface area contributed by atoms with Gasteiger partial charge in [0.25, 0.3) is 0 Å². The Balaban J connectivity index is 2.02. The van der Waals surface area contributed by atoms with Gasteiger partial charge in [0.1, 0.15) is 0 Å². The van der Waals surface area contributed by atoms with Crippen molar-refractivity contribution in [3.05, 3.63) is 70.8 Å². The van der Waals surface area contributed by atoms with E-state index in [1.165, 1.54) is 16.7 Å². The molecule has 2 aromatic rings. The second kappa shape index (κ2) is 5.72. The van der Waals surface area contributed by atoms with Crippen LogP contribution in [0.4, 0.5) is 0 Å². The monoisotopic (exact) mass is 279 g/mol. The summed E-state index contributed by atoms with van der Waals surface area (Å²) in [6, 6.07) is 16.9. The number of hydrogen-bond donors (Lipinski definition) is 1. The quantitative estimate of drug-likeness (QED) is 0.626. The van der Waals surface area contributed by atoms with Crippen LogP contribution < -0.4 is 0 Å². The fraction of sp³-hybridized carbons (Fsp3) is 0.316. The Labute approximate surface area is 126 Å². The largest absolute Gasteiger partial charge is 0.411 e. The zero-order chi connectivity index (χ0) is 14.8. The Bertz CT molecular complexity index is 659. The van der Waals surface area contributed by atoms with E-state index >= 15 is 0 Å². The second-order valence-electron chi connectivity index (χ2n) is 6.06. The lowest BCUT2D eigenvalue weighted by Gasteiger charge is -2.27. The van der Waals surface area contributed by atoms with Crippen LogP contribution in [0, 0.1) is 0 Å². The minimum absolute atomic E-state index is 0.189. The van der Waals surface area contributed by atoms with Gasteiger partial charge in [-0.25, -0.2) is 0 Å². The van der Waals surface area contributed by atoms with Gasteiger partial charge in [-0.05, 0) is 35.4 Å². The topological polar surface area (TPSA) is 32.6 Å². The number of benzene rings is 2. The minimum Gasteiger partial charge on any atom is -0.411 e. The predicted molar refractivity (Wildman–Crippen MR) is 86.4 cm³/mol. The normalized spacial score (nSPS) is 19.8. The van der Waals surface area contributed by atoms with Crippen LogP contribution >= 0.6 is 0 Å². The van der Waals surface area contributed by atoms with Crippen molar-refractivity contribution < 1.29 is 5.21 Å². The molecular weight excluding hydrogens is 258 g/mol. The first kappa shape index (κ1) is 13.9. The fourth-order valence-corrected chi connectivity index (χ4v) is 3.19. The molecule has 2 heteroatoms. The predicted octanol–water partition coefficient (Wildman–Crippen LogP) is 4.72. The number of fused-ring (bicyclic) bond motifs is 1. The molecular formula is C19H21NO. The van der Waals surface area contributed by atoms with Crippen LogP contribution in [0.5, 0.6) is 0 Å². The summed E-state index contributed by atoms with van der Waals surface area (Å²) in [6.45, 7) is 4.41. The Hall–Kier alpha value is -2.09. The lowest BCUT2D eigenvalue weighted by atomic mass is 9.77. The maximum Gasteiger partial charge on any atom is 0.0945 e. The van der Waals surface area contributed by atoms with Crippen LogP contribution in [0.3, 0.4) is 0 Å². The van der Waals surface area contributed by atoms with Gasteiger partial charge in [0.05, 0.1) is 5.71 Å². The summed E-state index contributed by atoms with van der Waals surface area (Å²) in [6.07, 6.45) is 2.03. The van der Waals surface area contributed by atoms with Gasteiger partial charge in [-0.2, -0.15) is 0 Å². The van der Waals surface area contributed by atoms with Crippen LogP contribution in [0.1, 0.15) is 54.4 Å². The van der Waals surface area contributed by atoms with E-state index in [0.717, 1.165) is 24.1 Å². The Kier molecular flexibility index (Phi) is 3.78. The third-order valence-corrected chi connectivity index (χ3v) is 4.41. The molecule has 21 heavy (non-hydrogen) atoms. The van der Waals surface area contributed by atoms with E-state index in [0.29, 0.717) is 5.92 Å². The highest BCUT2D eigenvalue weighted by atomic mass is 16.4. The standard InChI is InChI=1S/C19H21NO/c1-13(2)15-8-10-18-16(12-15)9-11-17(19(18)20-21)14-6-4-3-5-7-14/h3-8,10,12-13,17,21H,9,11H2,1-2H3/b20-19-/t17-/m0/s1. The lowest BCUT2D eigenvalue weighted by molar-refractivity contribution is 0.316. The molecule has 2 nitrogen and oxygen atoms in total. The summed E-state index contributed by atoms with van der Waals surface area (Å²) in [4.78, 5) is 0. The van der Waals surface area contributed by atoms with Crippen molar-refractivity contribution in [3.63, 3.8) is 0 Å². The van der Waals surface area contributed by atoms with Gasteiger partial charge in [-0.1, -0.05) is 67.5 Å². The molecule has 1 aliphatic rings. The summed E-state index contributed by atoms with van der Waals surface area (Å²) >= 11 is 0. The maximum atomic E-state index is 9.54. The summed E-state index contributed by atoms with van der Waals surface area (Å²) in [5.74, 6) is 0.713. The van der Waals surface area contributed by atoms with Crippen molar-refractivity contribution in [1.29, 1.82) is 0 Å². The first-order valence-electron chi connectivity index (χ1n) is 7.60. The summed E-state index contributed by atoms with van der Waals surface area (Å²) in [7, 11) is 0. The Morgan fingerprint density at radius 1 is 1.10 bits per heavy atom.